The van der Waals surface area contributed by atoms with Crippen LogP contribution >= 0.6 is 22.9 Å². The van der Waals surface area contributed by atoms with Gasteiger partial charge in [-0.25, -0.2) is 0 Å². The van der Waals surface area contributed by atoms with E-state index in [4.69, 9.17) is 17.3 Å². The third-order valence-corrected chi connectivity index (χ3v) is 6.00. The van der Waals surface area contributed by atoms with E-state index in [2.05, 4.69) is 5.32 Å². The molecule has 1 aliphatic rings. The summed E-state index contributed by atoms with van der Waals surface area (Å²) in [5, 5.41) is 13.5. The molecule has 0 saturated heterocycles. The summed E-state index contributed by atoms with van der Waals surface area (Å²) in [5.41, 5.74) is 8.63. The van der Waals surface area contributed by atoms with Gasteiger partial charge < -0.3 is 21.1 Å². The smallest absolute Gasteiger partial charge is 0.265 e. The second kappa shape index (κ2) is 7.96. The Balaban J connectivity index is 1.61. The van der Waals surface area contributed by atoms with Crippen molar-refractivity contribution in [2.75, 3.05) is 5.32 Å². The van der Waals surface area contributed by atoms with Crippen molar-refractivity contribution in [2.45, 2.75) is 19.3 Å². The number of halogens is 1. The molecule has 1 atom stereocenters. The summed E-state index contributed by atoms with van der Waals surface area (Å²) >= 11 is 7.05. The predicted molar refractivity (Wildman–Crippen MR) is 113 cm³/mol. The first-order valence-corrected chi connectivity index (χ1v) is 10.1. The average molecular weight is 428 g/mol. The molecule has 29 heavy (non-hydrogen) atoms. The maximum absolute atomic E-state index is 13.1. The minimum atomic E-state index is -1.09. The summed E-state index contributed by atoms with van der Waals surface area (Å²) in [5.74, 6) is -0.697. The summed E-state index contributed by atoms with van der Waals surface area (Å²) in [6.07, 6.45) is -1.09. The van der Waals surface area contributed by atoms with Gasteiger partial charge in [0.25, 0.3) is 11.8 Å². The second-order valence-corrected chi connectivity index (χ2v) is 8.37. The molecule has 2 heterocycles. The van der Waals surface area contributed by atoms with Gasteiger partial charge in [-0.2, -0.15) is 0 Å². The molecule has 0 fully saturated rings. The standard InChI is InChI=1S/C21H18ClN3O3S/c22-17-8-7-16(29-17)19(26)24-15-6-2-5-14-18(15)21(28)25(20(14)27)11-13-4-1-3-12(9-13)10-23/h1-9,20,27H,10-11,23H2,(H,24,26). The van der Waals surface area contributed by atoms with Crippen LogP contribution in [0.15, 0.2) is 54.6 Å². The quantitative estimate of drug-likeness (QED) is 0.577. The van der Waals surface area contributed by atoms with Crippen molar-refractivity contribution in [1.29, 1.82) is 0 Å². The van der Waals surface area contributed by atoms with Gasteiger partial charge in [0.15, 0.2) is 6.23 Å². The molecule has 0 aliphatic carbocycles. The second-order valence-electron chi connectivity index (χ2n) is 6.66. The normalized spacial score (nSPS) is 15.5. The SMILES string of the molecule is NCc1cccc(CN2C(=O)c3c(NC(=O)c4ccc(Cl)s4)cccc3C2O)c1. The number of aliphatic hydroxyl groups is 1. The summed E-state index contributed by atoms with van der Waals surface area (Å²) < 4.78 is 0.505. The van der Waals surface area contributed by atoms with E-state index in [0.717, 1.165) is 22.5 Å². The van der Waals surface area contributed by atoms with Crippen LogP contribution in [0, 0.1) is 0 Å². The zero-order valence-electron chi connectivity index (χ0n) is 15.3. The van der Waals surface area contributed by atoms with Crippen molar-refractivity contribution in [3.63, 3.8) is 0 Å². The number of carbonyl (C=O) groups excluding carboxylic acids is 2. The van der Waals surface area contributed by atoms with Crippen LogP contribution in [-0.4, -0.2) is 21.8 Å². The molecule has 6 nitrogen and oxygen atoms in total. The summed E-state index contributed by atoms with van der Waals surface area (Å²) in [7, 11) is 0. The number of benzene rings is 2. The van der Waals surface area contributed by atoms with Crippen molar-refractivity contribution in [3.05, 3.63) is 86.1 Å². The average Bonchev–Trinajstić information content (AvgIpc) is 3.26. The summed E-state index contributed by atoms with van der Waals surface area (Å²) in [4.78, 5) is 27.4. The Kier molecular flexibility index (Phi) is 5.38. The first-order valence-electron chi connectivity index (χ1n) is 8.94. The van der Waals surface area contributed by atoms with Crippen LogP contribution in [0.5, 0.6) is 0 Å². The Morgan fingerprint density at radius 2 is 1.93 bits per heavy atom. The lowest BCUT2D eigenvalue weighted by Gasteiger charge is -2.21. The Labute approximate surface area is 176 Å². The Bertz CT molecular complexity index is 1100. The molecule has 3 aromatic rings. The number of nitrogens with two attached hydrogens (primary N) is 1. The zero-order valence-corrected chi connectivity index (χ0v) is 16.8. The topological polar surface area (TPSA) is 95.7 Å². The molecular weight excluding hydrogens is 410 g/mol. The Morgan fingerprint density at radius 3 is 2.66 bits per heavy atom. The van der Waals surface area contributed by atoms with E-state index in [1.807, 2.05) is 24.3 Å². The number of aliphatic hydroxyl groups excluding tert-OH is 1. The Hall–Kier alpha value is -2.71. The molecule has 2 aromatic carbocycles. The predicted octanol–water partition coefficient (Wildman–Crippen LogP) is 3.76. The van der Waals surface area contributed by atoms with Crippen LogP contribution < -0.4 is 11.1 Å². The number of carbonyl (C=O) groups is 2. The largest absolute Gasteiger partial charge is 0.369 e. The van der Waals surface area contributed by atoms with Crippen LogP contribution in [0.1, 0.15) is 42.9 Å². The lowest BCUT2D eigenvalue weighted by atomic mass is 10.1. The molecule has 0 saturated carbocycles. The molecule has 0 bridgehead atoms. The molecule has 2 amide bonds. The number of nitrogens with one attached hydrogen (secondary N) is 1. The highest BCUT2D eigenvalue weighted by atomic mass is 35.5. The van der Waals surface area contributed by atoms with Crippen molar-refractivity contribution < 1.29 is 14.7 Å². The van der Waals surface area contributed by atoms with E-state index in [1.54, 1.807) is 30.3 Å². The summed E-state index contributed by atoms with van der Waals surface area (Å²) in [6, 6.07) is 15.9. The van der Waals surface area contributed by atoms with Crippen LogP contribution in [-0.2, 0) is 13.1 Å². The zero-order chi connectivity index (χ0) is 20.5. The van der Waals surface area contributed by atoms with Crippen LogP contribution in [0.3, 0.4) is 0 Å². The fourth-order valence-corrected chi connectivity index (χ4v) is 4.32. The molecule has 0 radical (unpaired) electrons. The highest BCUT2D eigenvalue weighted by Crippen LogP contribution is 2.37. The van der Waals surface area contributed by atoms with E-state index >= 15 is 0 Å². The molecule has 0 spiro atoms. The lowest BCUT2D eigenvalue weighted by molar-refractivity contribution is 0.0137. The monoisotopic (exact) mass is 427 g/mol. The third-order valence-electron chi connectivity index (χ3n) is 4.77. The maximum atomic E-state index is 13.1. The number of nitrogens with zero attached hydrogens (tertiary/aromatic N) is 1. The van der Waals surface area contributed by atoms with Gasteiger partial charge in [0.05, 0.1) is 20.5 Å². The number of fused-ring (bicyclic) bond motifs is 1. The van der Waals surface area contributed by atoms with E-state index in [1.165, 1.54) is 4.90 Å². The molecule has 1 aliphatic heterocycles. The highest BCUT2D eigenvalue weighted by molar-refractivity contribution is 7.18. The fraction of sp³-hybridized carbons (Fsp3) is 0.143. The van der Waals surface area contributed by atoms with Crippen LogP contribution in [0.4, 0.5) is 5.69 Å². The number of rotatable bonds is 5. The highest BCUT2D eigenvalue weighted by Gasteiger charge is 2.37. The Morgan fingerprint density at radius 1 is 1.17 bits per heavy atom. The fourth-order valence-electron chi connectivity index (χ4n) is 3.38. The summed E-state index contributed by atoms with van der Waals surface area (Å²) in [6.45, 7) is 0.629. The van der Waals surface area contributed by atoms with Gasteiger partial charge in [-0.05, 0) is 29.3 Å². The molecule has 4 rings (SSSR count). The number of anilines is 1. The molecule has 1 aromatic heterocycles. The van der Waals surface area contributed by atoms with Gasteiger partial charge in [-0.15, -0.1) is 11.3 Å². The molecule has 148 valence electrons. The first kappa shape index (κ1) is 19.6. The van der Waals surface area contributed by atoms with Gasteiger partial charge >= 0.3 is 0 Å². The van der Waals surface area contributed by atoms with Crippen LogP contribution in [0.25, 0.3) is 0 Å². The number of amides is 2. The van der Waals surface area contributed by atoms with Crippen molar-refractivity contribution in [1.82, 2.24) is 4.90 Å². The number of thiophene rings is 1. The van der Waals surface area contributed by atoms with Gasteiger partial charge in [0.2, 0.25) is 0 Å². The van der Waals surface area contributed by atoms with E-state index < -0.39 is 6.23 Å². The van der Waals surface area contributed by atoms with E-state index in [9.17, 15) is 14.7 Å². The van der Waals surface area contributed by atoms with Gasteiger partial charge in [-0.1, -0.05) is 48.0 Å². The van der Waals surface area contributed by atoms with Gasteiger partial charge in [0, 0.05) is 18.7 Å². The molecule has 8 heteroatoms. The third kappa shape index (κ3) is 3.77. The molecule has 4 N–H and O–H groups in total. The minimum Gasteiger partial charge on any atom is -0.369 e. The van der Waals surface area contributed by atoms with E-state index in [0.29, 0.717) is 32.6 Å². The van der Waals surface area contributed by atoms with Crippen molar-refractivity contribution >= 4 is 40.4 Å². The van der Waals surface area contributed by atoms with E-state index in [-0.39, 0.29) is 18.4 Å². The van der Waals surface area contributed by atoms with Crippen molar-refractivity contribution in [2.24, 2.45) is 5.73 Å². The number of hydrogen-bond donors (Lipinski definition) is 3. The maximum Gasteiger partial charge on any atom is 0.265 e. The van der Waals surface area contributed by atoms with Crippen molar-refractivity contribution in [3.8, 4) is 0 Å². The lowest BCUT2D eigenvalue weighted by Crippen LogP contribution is -2.27. The molecule has 1 unspecified atom stereocenters. The molecular formula is C21H18ClN3O3S. The van der Waals surface area contributed by atoms with Gasteiger partial charge in [-0.3, -0.25) is 9.59 Å². The van der Waals surface area contributed by atoms with Gasteiger partial charge in [0.1, 0.15) is 0 Å². The van der Waals surface area contributed by atoms with Crippen LogP contribution in [0.2, 0.25) is 4.34 Å². The minimum absolute atomic E-state index is 0.233. The number of hydrogen-bond acceptors (Lipinski definition) is 5. The first-order chi connectivity index (χ1) is 14.0.